The van der Waals surface area contributed by atoms with Crippen molar-refractivity contribution in [2.45, 2.75) is 12.6 Å². The quantitative estimate of drug-likeness (QED) is 0.0948. The predicted molar refractivity (Wildman–Crippen MR) is 383 cm³/mol. The van der Waals surface area contributed by atoms with Crippen LogP contribution in [0.15, 0.2) is 328 Å². The highest BCUT2D eigenvalue weighted by Crippen LogP contribution is 2.46. The van der Waals surface area contributed by atoms with Gasteiger partial charge in [-0.1, -0.05) is 133 Å². The summed E-state index contributed by atoms with van der Waals surface area (Å²) in [4.78, 5) is 9.37. The Morgan fingerprint density at radius 2 is 0.447 bits per heavy atom. The highest BCUT2D eigenvalue weighted by Gasteiger charge is 2.25. The van der Waals surface area contributed by atoms with Crippen LogP contribution in [0.5, 0.6) is 0 Å². The highest BCUT2D eigenvalue weighted by molar-refractivity contribution is 6.12. The lowest BCUT2D eigenvalue weighted by atomic mass is 10.1. The fourth-order valence-corrected chi connectivity index (χ4v) is 13.8. The molecule has 94 heavy (non-hydrogen) atoms. The maximum atomic E-state index is 5.84. The van der Waals surface area contributed by atoms with E-state index in [2.05, 4.69) is 356 Å². The van der Waals surface area contributed by atoms with Gasteiger partial charge < -0.3 is 47.7 Å². The zero-order valence-corrected chi connectivity index (χ0v) is 51.5. The number of nitrogens with zero attached hydrogens (tertiary/aromatic N) is 6. The van der Waals surface area contributed by atoms with Crippen LogP contribution in [0.25, 0.3) is 55.0 Å². The average molecular weight is 1220 g/mol. The minimum atomic E-state index is -0.330. The van der Waals surface area contributed by atoms with Gasteiger partial charge in [0.1, 0.15) is 0 Å². The Bertz CT molecular complexity index is 4830. The van der Waals surface area contributed by atoms with Crippen LogP contribution in [-0.2, 0) is 18.9 Å². The zero-order chi connectivity index (χ0) is 62.3. The molecule has 0 N–H and O–H groups in total. The standard InChI is InChI=1S/C84H64N6O4/c1-5-17-61(18-6-1)85(62-19-7-2-8-20-62)65-37-39-66(40-38-65)86(67-41-45-69(46-42-67)87(63-21-9-3-10-22-63)73-49-51-81-77(57-73)75-25-13-15-27-79(75)89(81)71-33-29-59(30-34-71)83-91-53-54-92-83)68-43-47-70(48-44-68)88(64-23-11-4-12-24-64)74-50-52-82-78(58-74)76-26-14-16-28-80(76)90(82)72-35-31-60(32-36-72)84-93-55-56-94-84/h1-52,57-58,83-84H,53-56H2. The van der Waals surface area contributed by atoms with Crippen molar-refractivity contribution in [2.75, 3.05) is 46.0 Å². The van der Waals surface area contributed by atoms with Gasteiger partial charge in [-0.25, -0.2) is 0 Å². The Kier molecular flexibility index (Phi) is 14.8. The molecule has 454 valence electrons. The summed E-state index contributed by atoms with van der Waals surface area (Å²) in [6.07, 6.45) is -0.660. The van der Waals surface area contributed by atoms with Crippen molar-refractivity contribution in [1.29, 1.82) is 0 Å². The molecule has 0 unspecified atom stereocenters. The van der Waals surface area contributed by atoms with E-state index < -0.39 is 0 Å². The lowest BCUT2D eigenvalue weighted by Gasteiger charge is -2.30. The average Bonchev–Trinajstić information content (AvgIpc) is 1.58. The molecular formula is C84H64N6O4. The molecule has 2 aromatic heterocycles. The van der Waals surface area contributed by atoms with E-state index in [4.69, 9.17) is 18.9 Å². The van der Waals surface area contributed by atoms with E-state index in [-0.39, 0.29) is 12.6 Å². The van der Waals surface area contributed by atoms with Crippen LogP contribution in [0, 0.1) is 0 Å². The smallest absolute Gasteiger partial charge is 0.184 e. The first-order valence-corrected chi connectivity index (χ1v) is 32.1. The summed E-state index contributed by atoms with van der Waals surface area (Å²) in [6.45, 7) is 2.42. The van der Waals surface area contributed by atoms with Crippen molar-refractivity contribution < 1.29 is 18.9 Å². The molecule has 2 aliphatic heterocycles. The van der Waals surface area contributed by atoms with E-state index in [1.165, 1.54) is 10.8 Å². The maximum absolute atomic E-state index is 5.84. The second-order valence-corrected chi connectivity index (χ2v) is 23.7. The number of hydrogen-bond acceptors (Lipinski definition) is 8. The van der Waals surface area contributed by atoms with Crippen molar-refractivity contribution in [3.63, 3.8) is 0 Å². The molecule has 10 heteroatoms. The summed E-state index contributed by atoms with van der Waals surface area (Å²) in [7, 11) is 0. The second kappa shape index (κ2) is 24.6. The van der Waals surface area contributed by atoms with E-state index in [1.807, 2.05) is 0 Å². The molecule has 0 saturated carbocycles. The Balaban J connectivity index is 0.756. The lowest BCUT2D eigenvalue weighted by Crippen LogP contribution is -2.14. The number of benzene rings is 13. The first-order valence-electron chi connectivity index (χ1n) is 32.1. The molecule has 2 saturated heterocycles. The highest BCUT2D eigenvalue weighted by atomic mass is 16.7. The molecule has 0 radical (unpaired) electrons. The van der Waals surface area contributed by atoms with Gasteiger partial charge in [-0.3, -0.25) is 0 Å². The van der Waals surface area contributed by atoms with Crippen molar-refractivity contribution in [3.8, 4) is 11.4 Å². The van der Waals surface area contributed by atoms with E-state index >= 15 is 0 Å². The minimum Gasteiger partial charge on any atom is -0.346 e. The van der Waals surface area contributed by atoms with Gasteiger partial charge in [0.15, 0.2) is 12.6 Å². The number of anilines is 12. The number of fused-ring (bicyclic) bond motifs is 6. The van der Waals surface area contributed by atoms with Gasteiger partial charge in [0.05, 0.1) is 48.5 Å². The van der Waals surface area contributed by atoms with Crippen molar-refractivity contribution in [2.24, 2.45) is 0 Å². The third kappa shape index (κ3) is 10.5. The molecule has 15 aromatic rings. The second-order valence-electron chi connectivity index (χ2n) is 23.7. The molecular weight excluding hydrogens is 1160 g/mol. The SMILES string of the molecule is c1ccc(N(c2ccccc2)c2ccc(N(c3ccc(N(c4ccccc4)c4ccc5c(c4)c4ccccc4n5-c4ccc(C5OCCO5)cc4)cc3)c3ccc(N(c4ccccc4)c4ccc5c(c4)c4ccccc4n5-c4ccc(C5OCCO5)cc4)cc3)cc2)cc1. The van der Waals surface area contributed by atoms with Crippen LogP contribution in [0.3, 0.4) is 0 Å². The number of para-hydroxylation sites is 6. The Labute approximate surface area is 545 Å². The first-order chi connectivity index (χ1) is 46.6. The molecule has 17 rings (SSSR count). The van der Waals surface area contributed by atoms with E-state index in [0.717, 1.165) is 124 Å². The van der Waals surface area contributed by atoms with E-state index in [1.54, 1.807) is 0 Å². The Morgan fingerprint density at radius 1 is 0.213 bits per heavy atom. The van der Waals surface area contributed by atoms with Gasteiger partial charge in [-0.05, 0) is 194 Å². The van der Waals surface area contributed by atoms with Crippen LogP contribution in [0.1, 0.15) is 23.7 Å². The summed E-state index contributed by atoms with van der Waals surface area (Å²) < 4.78 is 28.1. The van der Waals surface area contributed by atoms with Crippen molar-refractivity contribution in [3.05, 3.63) is 339 Å². The predicted octanol–water partition coefficient (Wildman–Crippen LogP) is 21.9. The van der Waals surface area contributed by atoms with Crippen LogP contribution in [0.2, 0.25) is 0 Å². The molecule has 4 heterocycles. The summed E-state index contributed by atoms with van der Waals surface area (Å²) in [6, 6.07) is 118. The number of aromatic nitrogens is 2. The molecule has 0 aliphatic carbocycles. The van der Waals surface area contributed by atoms with Gasteiger partial charge in [0.25, 0.3) is 0 Å². The lowest BCUT2D eigenvalue weighted by molar-refractivity contribution is -0.0443. The van der Waals surface area contributed by atoms with Crippen molar-refractivity contribution >= 4 is 112 Å². The summed E-state index contributed by atoms with van der Waals surface area (Å²) in [5, 5.41) is 4.68. The number of rotatable bonds is 16. The third-order valence-corrected chi connectivity index (χ3v) is 18.1. The van der Waals surface area contributed by atoms with Crippen LogP contribution in [-0.4, -0.2) is 35.6 Å². The first kappa shape index (κ1) is 56.5. The van der Waals surface area contributed by atoms with E-state index in [0.29, 0.717) is 26.4 Å². The molecule has 0 spiro atoms. The number of ether oxygens (including phenoxy) is 4. The molecule has 10 nitrogen and oxygen atoms in total. The third-order valence-electron chi connectivity index (χ3n) is 18.1. The maximum Gasteiger partial charge on any atom is 0.184 e. The molecule has 2 aliphatic rings. The Morgan fingerprint density at radius 3 is 0.745 bits per heavy atom. The topological polar surface area (TPSA) is 59.7 Å². The molecule has 13 aromatic carbocycles. The van der Waals surface area contributed by atoms with E-state index in [9.17, 15) is 0 Å². The van der Waals surface area contributed by atoms with Gasteiger partial charge >= 0.3 is 0 Å². The van der Waals surface area contributed by atoms with Gasteiger partial charge in [-0.15, -0.1) is 0 Å². The van der Waals surface area contributed by atoms with Crippen molar-refractivity contribution in [1.82, 2.24) is 9.13 Å². The van der Waals surface area contributed by atoms with Crippen LogP contribution < -0.4 is 19.6 Å². The summed E-state index contributed by atoms with van der Waals surface area (Å²) in [5.41, 5.74) is 21.2. The van der Waals surface area contributed by atoms with Crippen LogP contribution >= 0.6 is 0 Å². The fraction of sp³-hybridized carbons (Fsp3) is 0.0714. The summed E-state index contributed by atoms with van der Waals surface area (Å²) >= 11 is 0. The molecule has 2 fully saturated rings. The van der Waals surface area contributed by atoms with Crippen LogP contribution in [0.4, 0.5) is 68.2 Å². The zero-order valence-electron chi connectivity index (χ0n) is 51.5. The molecule has 0 bridgehead atoms. The normalized spacial score (nSPS) is 13.5. The fourth-order valence-electron chi connectivity index (χ4n) is 13.8. The van der Waals surface area contributed by atoms with Gasteiger partial charge in [-0.2, -0.15) is 0 Å². The monoisotopic (exact) mass is 1220 g/mol. The minimum absolute atomic E-state index is 0.330. The van der Waals surface area contributed by atoms with Gasteiger partial charge in [0.2, 0.25) is 0 Å². The Hall–Kier alpha value is -11.5. The molecule has 0 amide bonds. The largest absolute Gasteiger partial charge is 0.346 e. The van der Waals surface area contributed by atoms with Gasteiger partial charge in [0, 0.05) is 112 Å². The molecule has 0 atom stereocenters. The summed E-state index contributed by atoms with van der Waals surface area (Å²) in [5.74, 6) is 0. The number of hydrogen-bond donors (Lipinski definition) is 0.